The van der Waals surface area contributed by atoms with Crippen LogP contribution in [0.25, 0.3) is 38.8 Å². The molecule has 170 valence electrons. The molecule has 1 aliphatic rings. The predicted molar refractivity (Wildman–Crippen MR) is 148 cm³/mol. The van der Waals surface area contributed by atoms with Gasteiger partial charge >= 0.3 is 0 Å². The maximum Gasteiger partial charge on any atom is 0.0799 e. The zero-order valence-electron chi connectivity index (χ0n) is 20.4. The van der Waals surface area contributed by atoms with Crippen molar-refractivity contribution in [3.8, 4) is 16.9 Å². The number of pyridine rings is 1. The highest BCUT2D eigenvalue weighted by Crippen LogP contribution is 2.37. The van der Waals surface area contributed by atoms with Crippen LogP contribution in [0.3, 0.4) is 0 Å². The third kappa shape index (κ3) is 3.59. The standard InChI is InChI=1S/C31H32N2Si/c1-34(2,3)31-21-32-28(20-26(31)22-11-7-8-12-22)23-17-18-30-27(19-23)25-15-9-10-16-29(25)33(30)24-13-5-4-6-14-24/h4-6,9-10,13-22H,7-8,11-12H2,1-3H3. The van der Waals surface area contributed by atoms with E-state index < -0.39 is 8.07 Å². The van der Waals surface area contributed by atoms with Crippen molar-refractivity contribution >= 4 is 35.1 Å². The lowest BCUT2D eigenvalue weighted by atomic mass is 9.96. The van der Waals surface area contributed by atoms with E-state index >= 15 is 0 Å². The molecule has 0 atom stereocenters. The van der Waals surface area contributed by atoms with Crippen LogP contribution in [0.5, 0.6) is 0 Å². The van der Waals surface area contributed by atoms with Gasteiger partial charge in [0.05, 0.1) is 24.8 Å². The lowest BCUT2D eigenvalue weighted by molar-refractivity contribution is 0.726. The summed E-state index contributed by atoms with van der Waals surface area (Å²) in [6.45, 7) is 7.35. The van der Waals surface area contributed by atoms with Gasteiger partial charge in [0.15, 0.2) is 0 Å². The summed E-state index contributed by atoms with van der Waals surface area (Å²) < 4.78 is 2.38. The van der Waals surface area contributed by atoms with Crippen molar-refractivity contribution in [1.29, 1.82) is 0 Å². The molecule has 3 aromatic carbocycles. The third-order valence-corrected chi connectivity index (χ3v) is 9.56. The highest BCUT2D eigenvalue weighted by atomic mass is 28.3. The molecule has 0 spiro atoms. The van der Waals surface area contributed by atoms with Crippen LogP contribution in [0.2, 0.25) is 19.6 Å². The van der Waals surface area contributed by atoms with Gasteiger partial charge in [0.2, 0.25) is 0 Å². The molecule has 6 rings (SSSR count). The van der Waals surface area contributed by atoms with Crippen molar-refractivity contribution in [3.05, 3.63) is 90.6 Å². The first kappa shape index (κ1) is 21.4. The zero-order chi connectivity index (χ0) is 23.3. The van der Waals surface area contributed by atoms with Crippen LogP contribution in [0.4, 0.5) is 0 Å². The minimum Gasteiger partial charge on any atom is -0.309 e. The zero-order valence-corrected chi connectivity index (χ0v) is 21.4. The number of para-hydroxylation sites is 2. The number of aromatic nitrogens is 2. The average Bonchev–Trinajstić information content (AvgIpc) is 3.50. The molecular formula is C31H32N2Si. The Labute approximate surface area is 203 Å². The molecule has 0 aliphatic heterocycles. The molecular weight excluding hydrogens is 428 g/mol. The van der Waals surface area contributed by atoms with Crippen molar-refractivity contribution in [2.45, 2.75) is 51.2 Å². The van der Waals surface area contributed by atoms with Gasteiger partial charge in [0, 0.05) is 28.2 Å². The van der Waals surface area contributed by atoms with Crippen LogP contribution in [0.15, 0.2) is 85.1 Å². The first-order chi connectivity index (χ1) is 16.5. The number of rotatable bonds is 4. The van der Waals surface area contributed by atoms with Gasteiger partial charge < -0.3 is 4.57 Å². The molecule has 3 heteroatoms. The van der Waals surface area contributed by atoms with E-state index in [4.69, 9.17) is 4.98 Å². The van der Waals surface area contributed by atoms with E-state index in [2.05, 4.69) is 109 Å². The van der Waals surface area contributed by atoms with E-state index in [0.717, 1.165) is 5.69 Å². The van der Waals surface area contributed by atoms with Gasteiger partial charge in [-0.2, -0.15) is 0 Å². The van der Waals surface area contributed by atoms with Crippen LogP contribution >= 0.6 is 0 Å². The fraction of sp³-hybridized carbons (Fsp3) is 0.258. The average molecular weight is 461 g/mol. The summed E-state index contributed by atoms with van der Waals surface area (Å²) in [6.07, 6.45) is 7.58. The summed E-state index contributed by atoms with van der Waals surface area (Å²) in [4.78, 5) is 5.03. The number of benzene rings is 3. The van der Waals surface area contributed by atoms with Gasteiger partial charge in [0.1, 0.15) is 0 Å². The van der Waals surface area contributed by atoms with E-state index in [-0.39, 0.29) is 0 Å². The summed E-state index contributed by atoms with van der Waals surface area (Å²) in [5.41, 5.74) is 7.59. The quantitative estimate of drug-likeness (QED) is 0.248. The lowest BCUT2D eigenvalue weighted by Crippen LogP contribution is -2.41. The Bertz CT molecular complexity index is 1490. The summed E-state index contributed by atoms with van der Waals surface area (Å²) in [6, 6.07) is 28.7. The minimum absolute atomic E-state index is 0.701. The molecule has 0 radical (unpaired) electrons. The van der Waals surface area contributed by atoms with Crippen molar-refractivity contribution in [1.82, 2.24) is 9.55 Å². The molecule has 2 aromatic heterocycles. The molecule has 34 heavy (non-hydrogen) atoms. The summed E-state index contributed by atoms with van der Waals surface area (Å²) in [5.74, 6) is 0.701. The first-order valence-electron chi connectivity index (χ1n) is 12.6. The van der Waals surface area contributed by atoms with Crippen molar-refractivity contribution < 1.29 is 0 Å². The highest BCUT2D eigenvalue weighted by molar-refractivity contribution is 6.89. The SMILES string of the molecule is C[Si](C)(C)c1cnc(-c2ccc3c(c2)c2ccccc2n3-c2ccccc2)cc1C1CCCC1. The van der Waals surface area contributed by atoms with Gasteiger partial charge in [-0.05, 0) is 65.9 Å². The maximum atomic E-state index is 5.03. The van der Waals surface area contributed by atoms with Crippen LogP contribution < -0.4 is 5.19 Å². The van der Waals surface area contributed by atoms with Crippen molar-refractivity contribution in [2.24, 2.45) is 0 Å². The minimum atomic E-state index is -1.45. The summed E-state index contributed by atoms with van der Waals surface area (Å²) in [5, 5.41) is 4.12. The van der Waals surface area contributed by atoms with E-state index in [1.54, 1.807) is 10.8 Å². The molecule has 1 saturated carbocycles. The van der Waals surface area contributed by atoms with Crippen LogP contribution in [0.1, 0.15) is 37.2 Å². The Kier molecular flexibility index (Phi) is 5.18. The Balaban J connectivity index is 1.54. The Morgan fingerprint density at radius 1 is 0.765 bits per heavy atom. The number of nitrogens with zero attached hydrogens (tertiary/aromatic N) is 2. The second kappa shape index (κ2) is 8.25. The molecule has 2 nitrogen and oxygen atoms in total. The van der Waals surface area contributed by atoms with E-state index in [0.29, 0.717) is 5.92 Å². The van der Waals surface area contributed by atoms with Gasteiger partial charge in [-0.3, -0.25) is 4.98 Å². The van der Waals surface area contributed by atoms with E-state index in [9.17, 15) is 0 Å². The largest absolute Gasteiger partial charge is 0.309 e. The normalized spacial score (nSPS) is 14.9. The van der Waals surface area contributed by atoms with E-state index in [1.165, 1.54) is 58.7 Å². The van der Waals surface area contributed by atoms with Gasteiger partial charge in [-0.25, -0.2) is 0 Å². The molecule has 0 unspecified atom stereocenters. The Morgan fingerprint density at radius 3 is 2.24 bits per heavy atom. The molecule has 2 heterocycles. The second-order valence-electron chi connectivity index (χ2n) is 10.8. The summed E-state index contributed by atoms with van der Waals surface area (Å²) in [7, 11) is -1.45. The molecule has 0 N–H and O–H groups in total. The molecule has 1 fully saturated rings. The van der Waals surface area contributed by atoms with Gasteiger partial charge in [0.25, 0.3) is 0 Å². The fourth-order valence-electron chi connectivity index (χ4n) is 5.82. The topological polar surface area (TPSA) is 17.8 Å². The number of fused-ring (bicyclic) bond motifs is 3. The fourth-order valence-corrected chi connectivity index (χ4v) is 7.41. The van der Waals surface area contributed by atoms with Gasteiger partial charge in [-0.1, -0.05) is 74.9 Å². The highest BCUT2D eigenvalue weighted by Gasteiger charge is 2.27. The number of hydrogen-bond acceptors (Lipinski definition) is 1. The van der Waals surface area contributed by atoms with Crippen LogP contribution in [-0.4, -0.2) is 17.6 Å². The molecule has 0 saturated heterocycles. The summed E-state index contributed by atoms with van der Waals surface area (Å²) >= 11 is 0. The molecule has 0 bridgehead atoms. The third-order valence-electron chi connectivity index (χ3n) is 7.52. The molecule has 1 aliphatic carbocycles. The molecule has 5 aromatic rings. The lowest BCUT2D eigenvalue weighted by Gasteiger charge is -2.24. The molecule has 0 amide bonds. The van der Waals surface area contributed by atoms with Crippen LogP contribution in [0, 0.1) is 0 Å². The van der Waals surface area contributed by atoms with Crippen molar-refractivity contribution in [3.63, 3.8) is 0 Å². The maximum absolute atomic E-state index is 5.03. The smallest absolute Gasteiger partial charge is 0.0799 e. The Hall–Kier alpha value is -3.17. The Morgan fingerprint density at radius 2 is 1.47 bits per heavy atom. The van der Waals surface area contributed by atoms with Gasteiger partial charge in [-0.15, -0.1) is 0 Å². The number of hydrogen-bond donors (Lipinski definition) is 0. The van der Waals surface area contributed by atoms with Crippen molar-refractivity contribution in [2.75, 3.05) is 0 Å². The second-order valence-corrected chi connectivity index (χ2v) is 15.8. The first-order valence-corrected chi connectivity index (χ1v) is 16.1. The monoisotopic (exact) mass is 460 g/mol. The predicted octanol–water partition coefficient (Wildman–Crippen LogP) is 8.05. The van der Waals surface area contributed by atoms with Crippen LogP contribution in [-0.2, 0) is 0 Å². The van der Waals surface area contributed by atoms with E-state index in [1.807, 2.05) is 0 Å².